The summed E-state index contributed by atoms with van der Waals surface area (Å²) < 4.78 is 39.1. The van der Waals surface area contributed by atoms with E-state index in [4.69, 9.17) is 9.47 Å². The lowest BCUT2D eigenvalue weighted by atomic mass is 10.0. The molecule has 1 aromatic carbocycles. The van der Waals surface area contributed by atoms with Crippen molar-refractivity contribution in [3.8, 4) is 23.1 Å². The van der Waals surface area contributed by atoms with Crippen molar-refractivity contribution < 1.29 is 18.3 Å². The zero-order valence-electron chi connectivity index (χ0n) is 17.9. The molecule has 0 radical (unpaired) electrons. The molecule has 170 valence electrons. The first-order valence-electron chi connectivity index (χ1n) is 10.7. The number of hydrogen-bond donors (Lipinski definition) is 2. The number of ether oxygens (including phenoxy) is 2. The third-order valence-corrected chi connectivity index (χ3v) is 5.51. The highest BCUT2D eigenvalue weighted by Crippen LogP contribution is 2.31. The van der Waals surface area contributed by atoms with Crippen LogP contribution in [0.3, 0.4) is 0 Å². The molecule has 0 spiro atoms. The Hall–Kier alpha value is -2.87. The third kappa shape index (κ3) is 4.96. The molecule has 2 saturated heterocycles. The van der Waals surface area contributed by atoms with Crippen LogP contribution in [0.25, 0.3) is 11.3 Å². The van der Waals surface area contributed by atoms with E-state index in [0.717, 1.165) is 13.0 Å². The van der Waals surface area contributed by atoms with Gasteiger partial charge in [-0.3, -0.25) is 5.43 Å². The highest BCUT2D eigenvalue weighted by atomic mass is 19.3. The minimum absolute atomic E-state index is 0.148. The summed E-state index contributed by atoms with van der Waals surface area (Å²) in [5.74, 6) is -2.41. The first-order valence-corrected chi connectivity index (χ1v) is 10.7. The second-order valence-corrected chi connectivity index (χ2v) is 7.92. The Morgan fingerprint density at radius 2 is 2.22 bits per heavy atom. The molecule has 0 aliphatic carbocycles. The predicted octanol–water partition coefficient (Wildman–Crippen LogP) is 2.83. The van der Waals surface area contributed by atoms with Crippen LogP contribution in [-0.4, -0.2) is 65.9 Å². The molecule has 2 aliphatic heterocycles. The molecule has 8 nitrogen and oxygen atoms in total. The Kier molecular flexibility index (Phi) is 6.79. The average Bonchev–Trinajstić information content (AvgIpc) is 2.74. The molecule has 32 heavy (non-hydrogen) atoms. The van der Waals surface area contributed by atoms with Gasteiger partial charge < -0.3 is 14.8 Å². The summed E-state index contributed by atoms with van der Waals surface area (Å²) in [6.45, 7) is 4.26. The summed E-state index contributed by atoms with van der Waals surface area (Å²) in [5, 5.41) is 14.3. The number of alkyl halides is 2. The van der Waals surface area contributed by atoms with Crippen molar-refractivity contribution in [1.29, 1.82) is 5.26 Å². The Balaban J connectivity index is 1.52. The highest BCUT2D eigenvalue weighted by Gasteiger charge is 2.43. The van der Waals surface area contributed by atoms with E-state index in [1.807, 2.05) is 6.07 Å². The van der Waals surface area contributed by atoms with E-state index in [0.29, 0.717) is 37.0 Å². The number of aromatic nitrogens is 2. The van der Waals surface area contributed by atoms with Gasteiger partial charge in [0, 0.05) is 24.7 Å². The van der Waals surface area contributed by atoms with Gasteiger partial charge in [0.25, 0.3) is 5.92 Å². The van der Waals surface area contributed by atoms with E-state index >= 15 is 0 Å². The first kappa shape index (κ1) is 22.3. The predicted molar refractivity (Wildman–Crippen MR) is 114 cm³/mol. The van der Waals surface area contributed by atoms with Gasteiger partial charge in [-0.25, -0.2) is 23.8 Å². The molecule has 0 amide bonds. The molecule has 3 heterocycles. The van der Waals surface area contributed by atoms with E-state index in [9.17, 15) is 14.0 Å². The molecule has 1 atom stereocenters. The SMILES string of the molecule is CCCN(Nc1nccc(-c2ccc(OC3CCNCC3(F)F)c(C#N)c2)n1)C1COC1. The highest BCUT2D eigenvalue weighted by molar-refractivity contribution is 5.64. The third-order valence-electron chi connectivity index (χ3n) is 5.51. The van der Waals surface area contributed by atoms with Gasteiger partial charge in [0.2, 0.25) is 5.95 Å². The van der Waals surface area contributed by atoms with Crippen LogP contribution in [0.15, 0.2) is 30.5 Å². The normalized spacial score (nSPS) is 20.4. The summed E-state index contributed by atoms with van der Waals surface area (Å²) in [5.41, 5.74) is 4.71. The van der Waals surface area contributed by atoms with Gasteiger partial charge in [-0.05, 0) is 37.2 Å². The van der Waals surface area contributed by atoms with Gasteiger partial charge in [0.15, 0.2) is 6.10 Å². The Bertz CT molecular complexity index is 979. The number of nitrogens with one attached hydrogen (secondary N) is 2. The van der Waals surface area contributed by atoms with Gasteiger partial charge >= 0.3 is 0 Å². The lowest BCUT2D eigenvalue weighted by Crippen LogP contribution is -2.52. The molecule has 1 unspecified atom stereocenters. The molecular formula is C22H26F2N6O2. The molecule has 2 fully saturated rings. The van der Waals surface area contributed by atoms with Crippen LogP contribution in [0, 0.1) is 11.3 Å². The largest absolute Gasteiger partial charge is 0.483 e. The Labute approximate surface area is 185 Å². The number of benzene rings is 1. The topological polar surface area (TPSA) is 95.3 Å². The van der Waals surface area contributed by atoms with Crippen molar-refractivity contribution in [2.45, 2.75) is 37.8 Å². The molecule has 10 heteroatoms. The number of nitrogens with zero attached hydrogens (tertiary/aromatic N) is 4. The maximum Gasteiger partial charge on any atom is 0.296 e. The number of hydrazine groups is 1. The van der Waals surface area contributed by atoms with Crippen molar-refractivity contribution in [2.75, 3.05) is 38.3 Å². The Morgan fingerprint density at radius 3 is 2.91 bits per heavy atom. The molecule has 0 saturated carbocycles. The number of rotatable bonds is 8. The second-order valence-electron chi connectivity index (χ2n) is 7.92. The van der Waals surface area contributed by atoms with Crippen LogP contribution >= 0.6 is 0 Å². The number of halogens is 2. The fourth-order valence-electron chi connectivity index (χ4n) is 3.67. The average molecular weight is 444 g/mol. The van der Waals surface area contributed by atoms with E-state index in [2.05, 4.69) is 32.6 Å². The maximum atomic E-state index is 14.1. The van der Waals surface area contributed by atoms with Gasteiger partial charge in [-0.2, -0.15) is 5.26 Å². The Morgan fingerprint density at radius 1 is 1.38 bits per heavy atom. The fraction of sp³-hybridized carbons (Fsp3) is 0.500. The fourth-order valence-corrected chi connectivity index (χ4v) is 3.67. The van der Waals surface area contributed by atoms with Crippen LogP contribution in [-0.2, 0) is 4.74 Å². The van der Waals surface area contributed by atoms with Crippen molar-refractivity contribution in [2.24, 2.45) is 0 Å². The van der Waals surface area contributed by atoms with E-state index in [1.165, 1.54) is 0 Å². The molecule has 4 rings (SSSR count). The van der Waals surface area contributed by atoms with E-state index < -0.39 is 18.6 Å². The van der Waals surface area contributed by atoms with Gasteiger partial charge in [0.1, 0.15) is 11.8 Å². The van der Waals surface area contributed by atoms with Crippen molar-refractivity contribution in [3.05, 3.63) is 36.0 Å². The smallest absolute Gasteiger partial charge is 0.296 e. The number of nitriles is 1. The quantitative estimate of drug-likeness (QED) is 0.601. The molecule has 0 bridgehead atoms. The van der Waals surface area contributed by atoms with Crippen LogP contribution in [0.5, 0.6) is 5.75 Å². The minimum atomic E-state index is -2.99. The van der Waals surface area contributed by atoms with Crippen molar-refractivity contribution in [1.82, 2.24) is 20.3 Å². The monoisotopic (exact) mass is 444 g/mol. The van der Waals surface area contributed by atoms with Gasteiger partial charge in [-0.1, -0.05) is 6.92 Å². The molecular weight excluding hydrogens is 418 g/mol. The van der Waals surface area contributed by atoms with Gasteiger partial charge in [-0.15, -0.1) is 0 Å². The lowest BCUT2D eigenvalue weighted by molar-refractivity contribution is -0.109. The first-order chi connectivity index (χ1) is 15.5. The number of hydrogen-bond acceptors (Lipinski definition) is 8. The number of piperidine rings is 1. The summed E-state index contributed by atoms with van der Waals surface area (Å²) in [4.78, 5) is 8.86. The molecule has 2 aliphatic rings. The van der Waals surface area contributed by atoms with Crippen LogP contribution in [0.2, 0.25) is 0 Å². The lowest BCUT2D eigenvalue weighted by Gasteiger charge is -2.37. The minimum Gasteiger partial charge on any atom is -0.483 e. The summed E-state index contributed by atoms with van der Waals surface area (Å²) in [6.07, 6.45) is 1.50. The molecule has 2 N–H and O–H groups in total. The summed E-state index contributed by atoms with van der Waals surface area (Å²) >= 11 is 0. The standard InChI is InChI=1S/C22H26F2N6O2/c1-2-9-30(17-12-31-13-17)29-21-27-8-5-18(28-21)15-3-4-19(16(10-15)11-25)32-20-6-7-26-14-22(20,23)24/h3-5,8,10,17,20,26H,2,6-7,9,12-14H2,1H3,(H,27,28,29). The molecule has 2 aromatic rings. The van der Waals surface area contributed by atoms with E-state index in [-0.39, 0.29) is 23.8 Å². The van der Waals surface area contributed by atoms with Gasteiger partial charge in [0.05, 0.1) is 37.1 Å². The molecule has 1 aromatic heterocycles. The van der Waals surface area contributed by atoms with Crippen molar-refractivity contribution in [3.63, 3.8) is 0 Å². The van der Waals surface area contributed by atoms with Crippen LogP contribution in [0.4, 0.5) is 14.7 Å². The van der Waals surface area contributed by atoms with Crippen LogP contribution in [0.1, 0.15) is 25.3 Å². The van der Waals surface area contributed by atoms with Crippen molar-refractivity contribution >= 4 is 5.95 Å². The zero-order valence-corrected chi connectivity index (χ0v) is 17.9. The zero-order chi connectivity index (χ0) is 22.6. The number of anilines is 1. The second kappa shape index (κ2) is 9.73. The van der Waals surface area contributed by atoms with E-state index in [1.54, 1.807) is 30.5 Å². The van der Waals surface area contributed by atoms with Crippen LogP contribution < -0.4 is 15.5 Å². The summed E-state index contributed by atoms with van der Waals surface area (Å²) in [6, 6.07) is 8.93. The summed E-state index contributed by atoms with van der Waals surface area (Å²) in [7, 11) is 0. The maximum absolute atomic E-state index is 14.1.